The first kappa shape index (κ1) is 9.70. The third-order valence-corrected chi connectivity index (χ3v) is 3.40. The molecule has 1 aromatic carbocycles. The molecule has 0 aromatic heterocycles. The highest BCUT2D eigenvalue weighted by Gasteiger charge is 2.07. The lowest BCUT2D eigenvalue weighted by atomic mass is 10.2. The van der Waals surface area contributed by atoms with Gasteiger partial charge in [0.15, 0.2) is 0 Å². The molecule has 0 spiro atoms. The number of halogens is 1. The molecule has 0 aliphatic rings. The standard InChI is InChI=1S/C7H8BrNO2S/c8-12(10,11)7-3-1-6(5-9)2-4-7/h1-4H,5,9H2. The predicted octanol–water partition coefficient (Wildman–Crippen LogP) is 1.23. The molecule has 5 heteroatoms. The van der Waals surface area contributed by atoms with Crippen LogP contribution in [0.25, 0.3) is 0 Å². The molecular weight excluding hydrogens is 242 g/mol. The van der Waals surface area contributed by atoms with Crippen LogP contribution in [-0.2, 0) is 14.8 Å². The molecule has 0 amide bonds. The van der Waals surface area contributed by atoms with Crippen molar-refractivity contribution in [3.05, 3.63) is 29.8 Å². The highest BCUT2D eigenvalue weighted by Crippen LogP contribution is 2.16. The minimum absolute atomic E-state index is 0.250. The maximum atomic E-state index is 10.9. The van der Waals surface area contributed by atoms with E-state index in [4.69, 9.17) is 5.73 Å². The third-order valence-electron chi connectivity index (χ3n) is 1.44. The lowest BCUT2D eigenvalue weighted by molar-refractivity contribution is 0.611. The summed E-state index contributed by atoms with van der Waals surface area (Å²) in [6, 6.07) is 6.42. The zero-order valence-electron chi connectivity index (χ0n) is 6.20. The molecule has 0 aliphatic heterocycles. The largest absolute Gasteiger partial charge is 0.326 e. The summed E-state index contributed by atoms with van der Waals surface area (Å²) in [6.45, 7) is 0.419. The van der Waals surface area contributed by atoms with Gasteiger partial charge in [0.2, 0.25) is 8.27 Å². The zero-order chi connectivity index (χ0) is 9.19. The Kier molecular flexibility index (Phi) is 2.87. The second kappa shape index (κ2) is 3.55. The summed E-state index contributed by atoms with van der Waals surface area (Å²) in [5.74, 6) is 0. The first-order valence-corrected chi connectivity index (χ1v) is 6.60. The third kappa shape index (κ3) is 2.30. The summed E-state index contributed by atoms with van der Waals surface area (Å²) in [5, 5.41) is 0. The first-order chi connectivity index (χ1) is 5.54. The van der Waals surface area contributed by atoms with Crippen LogP contribution in [0.15, 0.2) is 29.2 Å². The number of nitrogens with two attached hydrogens (primary N) is 1. The minimum atomic E-state index is -3.26. The molecule has 0 heterocycles. The normalized spacial score (nSPS) is 11.5. The Bertz CT molecular complexity index is 357. The van der Waals surface area contributed by atoms with Crippen LogP contribution in [0.3, 0.4) is 0 Å². The van der Waals surface area contributed by atoms with Crippen molar-refractivity contribution >= 4 is 23.1 Å². The monoisotopic (exact) mass is 249 g/mol. The average molecular weight is 250 g/mol. The summed E-state index contributed by atoms with van der Waals surface area (Å²) < 4.78 is 21.8. The summed E-state index contributed by atoms with van der Waals surface area (Å²) in [5.41, 5.74) is 6.26. The van der Waals surface area contributed by atoms with Crippen LogP contribution in [0.1, 0.15) is 5.56 Å². The van der Waals surface area contributed by atoms with Crippen molar-refractivity contribution < 1.29 is 8.42 Å². The Balaban J connectivity index is 3.09. The fourth-order valence-corrected chi connectivity index (χ4v) is 1.90. The van der Waals surface area contributed by atoms with Gasteiger partial charge in [-0.1, -0.05) is 12.1 Å². The molecule has 12 heavy (non-hydrogen) atoms. The van der Waals surface area contributed by atoms with Crippen molar-refractivity contribution in [2.75, 3.05) is 0 Å². The maximum absolute atomic E-state index is 10.9. The summed E-state index contributed by atoms with van der Waals surface area (Å²) in [7, 11) is -3.26. The van der Waals surface area contributed by atoms with Crippen LogP contribution >= 0.6 is 14.8 Å². The van der Waals surface area contributed by atoms with Gasteiger partial charge in [0.1, 0.15) is 0 Å². The van der Waals surface area contributed by atoms with Gasteiger partial charge in [-0.25, -0.2) is 8.42 Å². The van der Waals surface area contributed by atoms with Gasteiger partial charge in [0, 0.05) is 6.54 Å². The fraction of sp³-hybridized carbons (Fsp3) is 0.143. The van der Waals surface area contributed by atoms with Crippen LogP contribution in [0.4, 0.5) is 0 Å². The van der Waals surface area contributed by atoms with Crippen LogP contribution in [0, 0.1) is 0 Å². The van der Waals surface area contributed by atoms with E-state index in [0.717, 1.165) is 5.56 Å². The molecule has 0 saturated carbocycles. The second-order valence-electron chi connectivity index (χ2n) is 2.29. The van der Waals surface area contributed by atoms with Crippen LogP contribution in [0.5, 0.6) is 0 Å². The van der Waals surface area contributed by atoms with Gasteiger partial charge in [0.05, 0.1) is 19.7 Å². The Morgan fingerprint density at radius 3 is 2.08 bits per heavy atom. The summed E-state index contributed by atoms with van der Waals surface area (Å²) in [4.78, 5) is 0.250. The number of benzene rings is 1. The lowest BCUT2D eigenvalue weighted by Crippen LogP contribution is -1.96. The molecule has 1 aromatic rings. The Labute approximate surface area is 78.7 Å². The molecule has 0 fully saturated rings. The molecule has 2 N–H and O–H groups in total. The Hall–Kier alpha value is -0.390. The molecule has 66 valence electrons. The van der Waals surface area contributed by atoms with Crippen molar-refractivity contribution in [1.29, 1.82) is 0 Å². The Morgan fingerprint density at radius 1 is 1.25 bits per heavy atom. The van der Waals surface area contributed by atoms with E-state index in [-0.39, 0.29) is 4.90 Å². The van der Waals surface area contributed by atoms with E-state index in [1.165, 1.54) is 12.1 Å². The van der Waals surface area contributed by atoms with Crippen LogP contribution < -0.4 is 5.73 Å². The van der Waals surface area contributed by atoms with Gasteiger partial charge >= 0.3 is 0 Å². The van der Waals surface area contributed by atoms with Gasteiger partial charge in [-0.3, -0.25) is 0 Å². The topological polar surface area (TPSA) is 60.2 Å². The maximum Gasteiger partial charge on any atom is 0.237 e. The first-order valence-electron chi connectivity index (χ1n) is 3.27. The van der Waals surface area contributed by atoms with E-state index >= 15 is 0 Å². The molecule has 3 nitrogen and oxygen atoms in total. The van der Waals surface area contributed by atoms with Crippen molar-refractivity contribution in [3.63, 3.8) is 0 Å². The quantitative estimate of drug-likeness (QED) is 0.803. The van der Waals surface area contributed by atoms with Crippen LogP contribution in [0.2, 0.25) is 0 Å². The van der Waals surface area contributed by atoms with Crippen molar-refractivity contribution in [2.24, 2.45) is 5.73 Å². The predicted molar refractivity (Wildman–Crippen MR) is 50.4 cm³/mol. The lowest BCUT2D eigenvalue weighted by Gasteiger charge is -1.97. The molecule has 0 atom stereocenters. The molecule has 0 saturated heterocycles. The van der Waals surface area contributed by atoms with Crippen molar-refractivity contribution in [3.8, 4) is 0 Å². The van der Waals surface area contributed by atoms with E-state index in [1.54, 1.807) is 12.1 Å². The van der Waals surface area contributed by atoms with Gasteiger partial charge in [0.25, 0.3) is 0 Å². The fourth-order valence-electron chi connectivity index (χ4n) is 0.788. The summed E-state index contributed by atoms with van der Waals surface area (Å²) >= 11 is 2.57. The van der Waals surface area contributed by atoms with Gasteiger partial charge in [-0.05, 0) is 17.7 Å². The van der Waals surface area contributed by atoms with E-state index in [9.17, 15) is 8.42 Å². The smallest absolute Gasteiger partial charge is 0.237 e. The van der Waals surface area contributed by atoms with Gasteiger partial charge in [-0.15, -0.1) is 0 Å². The van der Waals surface area contributed by atoms with E-state index in [2.05, 4.69) is 14.8 Å². The zero-order valence-corrected chi connectivity index (χ0v) is 8.60. The second-order valence-corrected chi connectivity index (χ2v) is 6.19. The minimum Gasteiger partial charge on any atom is -0.326 e. The average Bonchev–Trinajstić information content (AvgIpc) is 2.03. The number of hydrogen-bond acceptors (Lipinski definition) is 3. The van der Waals surface area contributed by atoms with Gasteiger partial charge < -0.3 is 5.73 Å². The number of rotatable bonds is 2. The Morgan fingerprint density at radius 2 is 1.75 bits per heavy atom. The van der Waals surface area contributed by atoms with Crippen molar-refractivity contribution in [1.82, 2.24) is 0 Å². The number of hydrogen-bond donors (Lipinski definition) is 1. The molecule has 0 unspecified atom stereocenters. The molecule has 0 bridgehead atoms. The molecule has 0 aliphatic carbocycles. The van der Waals surface area contributed by atoms with Gasteiger partial charge in [-0.2, -0.15) is 0 Å². The van der Waals surface area contributed by atoms with Crippen molar-refractivity contribution in [2.45, 2.75) is 11.4 Å². The molecule has 1 rings (SSSR count). The molecular formula is C7H8BrNO2S. The SMILES string of the molecule is NCc1ccc(S(=O)(=O)Br)cc1. The van der Waals surface area contributed by atoms with Crippen LogP contribution in [-0.4, -0.2) is 8.42 Å². The highest BCUT2D eigenvalue weighted by molar-refractivity contribution is 9.47. The summed E-state index contributed by atoms with van der Waals surface area (Å²) in [6.07, 6.45) is 0. The van der Waals surface area contributed by atoms with E-state index < -0.39 is 8.27 Å². The highest BCUT2D eigenvalue weighted by atomic mass is 79.9. The molecule has 0 radical (unpaired) electrons. The van der Waals surface area contributed by atoms with E-state index in [1.807, 2.05) is 0 Å². The van der Waals surface area contributed by atoms with E-state index in [0.29, 0.717) is 6.54 Å².